The molecule has 1 aromatic heterocycles. The number of rotatable bonds is 5. The number of aliphatic hydroxyl groups excluding tert-OH is 1. The normalized spacial score (nSPS) is 25.0. The Labute approximate surface area is 194 Å². The second-order valence-electron chi connectivity index (χ2n) is 9.77. The first kappa shape index (κ1) is 21.8. The Bertz CT molecular complexity index is 1230. The summed E-state index contributed by atoms with van der Waals surface area (Å²) in [6, 6.07) is 14.7. The van der Waals surface area contributed by atoms with Crippen molar-refractivity contribution in [2.45, 2.75) is 57.6 Å². The molecule has 1 fully saturated rings. The van der Waals surface area contributed by atoms with Crippen LogP contribution in [0.1, 0.15) is 48.6 Å². The molecular weight excluding hydrogens is 413 g/mol. The van der Waals surface area contributed by atoms with Crippen molar-refractivity contribution in [1.82, 2.24) is 9.78 Å². The highest BCUT2D eigenvalue weighted by atomic mass is 19.1. The lowest BCUT2D eigenvalue weighted by Gasteiger charge is -2.54. The number of benzene rings is 2. The predicted octanol–water partition coefficient (Wildman–Crippen LogP) is 5.49. The number of aromatic nitrogens is 2. The van der Waals surface area contributed by atoms with E-state index in [0.29, 0.717) is 6.42 Å². The summed E-state index contributed by atoms with van der Waals surface area (Å²) in [5.74, 6) is -0.262. The van der Waals surface area contributed by atoms with E-state index in [-0.39, 0.29) is 11.2 Å². The molecule has 2 aromatic carbocycles. The maximum Gasteiger partial charge on any atom is 0.123 e. The van der Waals surface area contributed by atoms with E-state index < -0.39 is 11.6 Å². The van der Waals surface area contributed by atoms with Gasteiger partial charge in [-0.1, -0.05) is 42.3 Å². The van der Waals surface area contributed by atoms with Gasteiger partial charge in [0, 0.05) is 11.8 Å². The monoisotopic (exact) mass is 443 g/mol. The molecule has 33 heavy (non-hydrogen) atoms. The first-order valence-electron chi connectivity index (χ1n) is 11.6. The molecular formula is C28H30FN3O. The van der Waals surface area contributed by atoms with E-state index in [1.54, 1.807) is 12.1 Å². The highest BCUT2D eigenvalue weighted by molar-refractivity contribution is 5.62. The van der Waals surface area contributed by atoms with Gasteiger partial charge in [-0.3, -0.25) is 4.99 Å². The SMILES string of the molecule is C=N[C@]1([C@@H](O)Cc2cccc(C)c2)CCCC2=Cc3c(cnn3-c3ccc(F)cc3)C[C@@]21C. The fourth-order valence-electron chi connectivity index (χ4n) is 6.02. The van der Waals surface area contributed by atoms with Crippen LogP contribution >= 0.6 is 0 Å². The largest absolute Gasteiger partial charge is 0.390 e. The molecule has 0 unspecified atom stereocenters. The van der Waals surface area contributed by atoms with Crippen molar-refractivity contribution in [2.24, 2.45) is 10.4 Å². The van der Waals surface area contributed by atoms with Crippen LogP contribution < -0.4 is 0 Å². The van der Waals surface area contributed by atoms with Crippen LogP contribution in [-0.2, 0) is 12.8 Å². The molecule has 170 valence electrons. The Morgan fingerprint density at radius 3 is 2.76 bits per heavy atom. The van der Waals surface area contributed by atoms with E-state index in [9.17, 15) is 9.50 Å². The zero-order valence-corrected chi connectivity index (χ0v) is 19.3. The second kappa shape index (κ2) is 8.07. The lowest BCUT2D eigenvalue weighted by atomic mass is 9.53. The first-order valence-corrected chi connectivity index (χ1v) is 11.6. The molecule has 0 saturated heterocycles. The highest BCUT2D eigenvalue weighted by Gasteiger charge is 2.57. The van der Waals surface area contributed by atoms with Crippen LogP contribution in [-0.4, -0.2) is 33.2 Å². The Balaban J connectivity index is 1.53. The summed E-state index contributed by atoms with van der Waals surface area (Å²) in [5, 5.41) is 16.2. The fraction of sp³-hybridized carbons (Fsp3) is 0.357. The average molecular weight is 444 g/mol. The third-order valence-corrected chi connectivity index (χ3v) is 7.83. The number of aliphatic hydroxyl groups is 1. The Morgan fingerprint density at radius 2 is 2.03 bits per heavy atom. The van der Waals surface area contributed by atoms with Gasteiger partial charge in [-0.05, 0) is 80.8 Å². The Kier molecular flexibility index (Phi) is 5.32. The Morgan fingerprint density at radius 1 is 1.24 bits per heavy atom. The lowest BCUT2D eigenvalue weighted by Crippen LogP contribution is -2.58. The fourth-order valence-corrected chi connectivity index (χ4v) is 6.02. The van der Waals surface area contributed by atoms with E-state index in [0.717, 1.165) is 48.2 Å². The number of hydrogen-bond acceptors (Lipinski definition) is 3. The number of halogens is 1. The van der Waals surface area contributed by atoms with Crippen molar-refractivity contribution in [3.8, 4) is 5.69 Å². The van der Waals surface area contributed by atoms with Gasteiger partial charge in [-0.15, -0.1) is 0 Å². The van der Waals surface area contributed by atoms with Crippen molar-refractivity contribution in [1.29, 1.82) is 0 Å². The highest BCUT2D eigenvalue weighted by Crippen LogP contribution is 2.56. The van der Waals surface area contributed by atoms with Crippen LogP contribution in [0.25, 0.3) is 11.8 Å². The van der Waals surface area contributed by atoms with Gasteiger partial charge in [0.1, 0.15) is 5.82 Å². The molecule has 5 heteroatoms. The van der Waals surface area contributed by atoms with Crippen molar-refractivity contribution in [2.75, 3.05) is 0 Å². The van der Waals surface area contributed by atoms with Crippen LogP contribution in [0.4, 0.5) is 4.39 Å². The van der Waals surface area contributed by atoms with Crippen molar-refractivity contribution < 1.29 is 9.50 Å². The molecule has 0 amide bonds. The van der Waals surface area contributed by atoms with E-state index in [1.165, 1.54) is 23.3 Å². The molecule has 2 aliphatic carbocycles. The smallest absolute Gasteiger partial charge is 0.123 e. The van der Waals surface area contributed by atoms with Gasteiger partial charge in [0.2, 0.25) is 0 Å². The first-order chi connectivity index (χ1) is 15.9. The minimum absolute atomic E-state index is 0.262. The molecule has 5 rings (SSSR count). The van der Waals surface area contributed by atoms with Gasteiger partial charge in [-0.25, -0.2) is 9.07 Å². The van der Waals surface area contributed by atoms with Gasteiger partial charge in [0.15, 0.2) is 0 Å². The van der Waals surface area contributed by atoms with E-state index in [1.807, 2.05) is 16.9 Å². The number of aliphatic imine (C=N–C) groups is 1. The minimum Gasteiger partial charge on any atom is -0.390 e. The molecule has 1 heterocycles. The summed E-state index contributed by atoms with van der Waals surface area (Å²) >= 11 is 0. The third-order valence-electron chi connectivity index (χ3n) is 7.83. The van der Waals surface area contributed by atoms with Crippen LogP contribution in [0.5, 0.6) is 0 Å². The number of hydrogen-bond donors (Lipinski definition) is 1. The number of aryl methyl sites for hydroxylation is 1. The average Bonchev–Trinajstić information content (AvgIpc) is 3.19. The molecule has 3 atom stereocenters. The van der Waals surface area contributed by atoms with Crippen LogP contribution in [0.3, 0.4) is 0 Å². The molecule has 0 spiro atoms. The summed E-state index contributed by atoms with van der Waals surface area (Å²) in [7, 11) is 0. The molecule has 0 bridgehead atoms. The molecule has 4 nitrogen and oxygen atoms in total. The van der Waals surface area contributed by atoms with Gasteiger partial charge in [0.25, 0.3) is 0 Å². The third kappa shape index (κ3) is 3.46. The van der Waals surface area contributed by atoms with Crippen molar-refractivity contribution >= 4 is 12.8 Å². The van der Waals surface area contributed by atoms with Crippen LogP contribution in [0.2, 0.25) is 0 Å². The lowest BCUT2D eigenvalue weighted by molar-refractivity contribution is -0.00181. The zero-order chi connectivity index (χ0) is 23.2. The topological polar surface area (TPSA) is 50.4 Å². The standard InChI is InChI=1S/C28H30FN3O/c1-19-6-4-7-20(14-19)15-26(33)28(30-3)13-5-8-22-16-25-21(17-27(22,28)2)18-31-32(25)24-11-9-23(29)10-12-24/h4,6-7,9-12,14,16,18,26,33H,3,5,8,13,15,17H2,1-2H3/t26-,27-,28-/m0/s1. The summed E-state index contributed by atoms with van der Waals surface area (Å²) in [5.41, 5.74) is 5.54. The van der Waals surface area contributed by atoms with Crippen LogP contribution in [0.15, 0.2) is 65.3 Å². The second-order valence-corrected chi connectivity index (χ2v) is 9.77. The van der Waals surface area contributed by atoms with Gasteiger partial charge >= 0.3 is 0 Å². The van der Waals surface area contributed by atoms with Gasteiger partial charge in [-0.2, -0.15) is 5.10 Å². The van der Waals surface area contributed by atoms with Gasteiger partial charge in [0.05, 0.1) is 29.2 Å². The molecule has 0 radical (unpaired) electrons. The molecule has 2 aliphatic rings. The van der Waals surface area contributed by atoms with Gasteiger partial charge < -0.3 is 5.11 Å². The van der Waals surface area contributed by atoms with Crippen molar-refractivity contribution in [3.05, 3.63) is 88.5 Å². The van der Waals surface area contributed by atoms with E-state index in [4.69, 9.17) is 4.99 Å². The van der Waals surface area contributed by atoms with Crippen molar-refractivity contribution in [3.63, 3.8) is 0 Å². The molecule has 3 aromatic rings. The minimum atomic E-state index is -0.670. The number of fused-ring (bicyclic) bond motifs is 2. The summed E-state index contributed by atoms with van der Waals surface area (Å²) in [6.07, 6.45) is 7.47. The molecule has 1 N–H and O–H groups in total. The molecule has 1 saturated carbocycles. The summed E-state index contributed by atoms with van der Waals surface area (Å²) in [6.45, 7) is 8.29. The maximum atomic E-state index is 13.4. The summed E-state index contributed by atoms with van der Waals surface area (Å²) in [4.78, 5) is 4.69. The summed E-state index contributed by atoms with van der Waals surface area (Å²) < 4.78 is 15.3. The zero-order valence-electron chi connectivity index (χ0n) is 19.3. The number of nitrogens with zero attached hydrogens (tertiary/aromatic N) is 3. The quantitative estimate of drug-likeness (QED) is 0.530. The predicted molar refractivity (Wildman–Crippen MR) is 130 cm³/mol. The van der Waals surface area contributed by atoms with E-state index in [2.05, 4.69) is 49.9 Å². The van der Waals surface area contributed by atoms with E-state index >= 15 is 0 Å². The maximum absolute atomic E-state index is 13.4. The van der Waals surface area contributed by atoms with Crippen LogP contribution in [0, 0.1) is 18.2 Å². The Hall–Kier alpha value is -3.05. The molecule has 0 aliphatic heterocycles.